The summed E-state index contributed by atoms with van der Waals surface area (Å²) in [6, 6.07) is 9.55. The van der Waals surface area contributed by atoms with E-state index >= 15 is 0 Å². The molecule has 1 heterocycles. The summed E-state index contributed by atoms with van der Waals surface area (Å²) in [5.41, 5.74) is 2.85. The van der Waals surface area contributed by atoms with Crippen LogP contribution >= 0.6 is 11.8 Å². The molecular formula is C17H21N3O3S. The van der Waals surface area contributed by atoms with Crippen LogP contribution in [0.3, 0.4) is 0 Å². The Labute approximate surface area is 145 Å². The number of nitrogens with zero attached hydrogens (tertiary/aromatic N) is 2. The lowest BCUT2D eigenvalue weighted by molar-refractivity contribution is -0.136. The Hall–Kier alpha value is -2.28. The standard InChI is InChI=1S/C17H21N3O3S/c1-20-15(7-9-18-20)5-6-16(21)19-14-4-2-3-13(11-14)12-24-10-8-17(22)23/h2-4,7,9,11H,5-6,8,10,12H2,1H3,(H,19,21)(H,22,23). The lowest BCUT2D eigenvalue weighted by Crippen LogP contribution is -2.13. The van der Waals surface area contributed by atoms with Gasteiger partial charge >= 0.3 is 5.97 Å². The van der Waals surface area contributed by atoms with E-state index in [0.717, 1.165) is 22.7 Å². The number of amides is 1. The monoisotopic (exact) mass is 347 g/mol. The van der Waals surface area contributed by atoms with Gasteiger partial charge < -0.3 is 10.4 Å². The molecule has 0 saturated heterocycles. The first-order valence-electron chi connectivity index (χ1n) is 7.70. The molecule has 7 heteroatoms. The van der Waals surface area contributed by atoms with Crippen LogP contribution in [0.2, 0.25) is 0 Å². The second-order valence-electron chi connectivity index (χ2n) is 5.39. The number of thioether (sulfide) groups is 1. The van der Waals surface area contributed by atoms with Gasteiger partial charge in [0, 0.05) is 42.6 Å². The fraction of sp³-hybridized carbons (Fsp3) is 0.353. The highest BCUT2D eigenvalue weighted by molar-refractivity contribution is 7.98. The number of hydrogen-bond donors (Lipinski definition) is 2. The topological polar surface area (TPSA) is 84.2 Å². The second-order valence-corrected chi connectivity index (χ2v) is 6.50. The summed E-state index contributed by atoms with van der Waals surface area (Å²) in [7, 11) is 1.86. The van der Waals surface area contributed by atoms with E-state index in [-0.39, 0.29) is 12.3 Å². The molecule has 1 aromatic heterocycles. The number of carbonyl (C=O) groups is 2. The zero-order chi connectivity index (χ0) is 17.4. The number of carbonyl (C=O) groups excluding carboxylic acids is 1. The molecule has 0 aliphatic rings. The van der Waals surface area contributed by atoms with Gasteiger partial charge in [0.1, 0.15) is 0 Å². The predicted octanol–water partition coefficient (Wildman–Crippen LogP) is 2.70. The largest absolute Gasteiger partial charge is 0.481 e. The van der Waals surface area contributed by atoms with Crippen LogP contribution in [0.1, 0.15) is 24.1 Å². The zero-order valence-corrected chi connectivity index (χ0v) is 14.4. The van der Waals surface area contributed by atoms with Crippen molar-refractivity contribution in [3.05, 3.63) is 47.8 Å². The zero-order valence-electron chi connectivity index (χ0n) is 13.6. The van der Waals surface area contributed by atoms with E-state index in [1.165, 1.54) is 0 Å². The maximum atomic E-state index is 12.1. The van der Waals surface area contributed by atoms with Gasteiger partial charge in [-0.2, -0.15) is 16.9 Å². The highest BCUT2D eigenvalue weighted by Crippen LogP contribution is 2.17. The molecule has 0 radical (unpaired) electrons. The van der Waals surface area contributed by atoms with Crippen LogP contribution in [0.15, 0.2) is 36.5 Å². The van der Waals surface area contributed by atoms with Crippen LogP contribution < -0.4 is 5.32 Å². The summed E-state index contributed by atoms with van der Waals surface area (Å²) in [6.07, 6.45) is 2.93. The summed E-state index contributed by atoms with van der Waals surface area (Å²) in [5.74, 6) is 0.492. The van der Waals surface area contributed by atoms with Gasteiger partial charge in [-0.15, -0.1) is 0 Å². The van der Waals surface area contributed by atoms with E-state index in [9.17, 15) is 9.59 Å². The van der Waals surface area contributed by atoms with Crippen molar-refractivity contribution in [1.82, 2.24) is 9.78 Å². The molecule has 1 aromatic carbocycles. The lowest BCUT2D eigenvalue weighted by atomic mass is 10.2. The molecule has 0 unspecified atom stereocenters. The Balaban J connectivity index is 1.79. The highest BCUT2D eigenvalue weighted by Gasteiger charge is 2.06. The van der Waals surface area contributed by atoms with Gasteiger partial charge in [-0.25, -0.2) is 0 Å². The van der Waals surface area contributed by atoms with Gasteiger partial charge in [0.25, 0.3) is 0 Å². The minimum Gasteiger partial charge on any atom is -0.481 e. The van der Waals surface area contributed by atoms with E-state index in [4.69, 9.17) is 5.11 Å². The Morgan fingerprint density at radius 2 is 2.12 bits per heavy atom. The van der Waals surface area contributed by atoms with Crippen LogP contribution in [-0.2, 0) is 28.8 Å². The number of aryl methyl sites for hydroxylation is 2. The molecule has 0 bridgehead atoms. The van der Waals surface area contributed by atoms with Crippen molar-refractivity contribution in [1.29, 1.82) is 0 Å². The van der Waals surface area contributed by atoms with Crippen molar-refractivity contribution >= 4 is 29.3 Å². The number of aliphatic carboxylic acids is 1. The Kier molecular flexibility index (Phi) is 6.87. The van der Waals surface area contributed by atoms with Crippen molar-refractivity contribution in [2.24, 2.45) is 7.05 Å². The molecule has 0 aliphatic heterocycles. The van der Waals surface area contributed by atoms with Crippen LogP contribution in [-0.4, -0.2) is 32.5 Å². The molecule has 1 amide bonds. The first-order valence-corrected chi connectivity index (χ1v) is 8.85. The minimum atomic E-state index is -0.781. The third-order valence-electron chi connectivity index (χ3n) is 3.47. The molecule has 2 rings (SSSR count). The van der Waals surface area contributed by atoms with Gasteiger partial charge in [-0.05, 0) is 30.2 Å². The van der Waals surface area contributed by atoms with Crippen LogP contribution in [0, 0.1) is 0 Å². The Morgan fingerprint density at radius 3 is 2.83 bits per heavy atom. The SMILES string of the molecule is Cn1nccc1CCC(=O)Nc1cccc(CSCCC(=O)O)c1. The first kappa shape index (κ1) is 18.1. The van der Waals surface area contributed by atoms with Crippen LogP contribution in [0.4, 0.5) is 5.69 Å². The molecule has 2 aromatic rings. The van der Waals surface area contributed by atoms with Crippen molar-refractivity contribution in [2.75, 3.05) is 11.1 Å². The summed E-state index contributed by atoms with van der Waals surface area (Å²) < 4.78 is 1.77. The highest BCUT2D eigenvalue weighted by atomic mass is 32.2. The summed E-state index contributed by atoms with van der Waals surface area (Å²) in [6.45, 7) is 0. The number of rotatable bonds is 9. The van der Waals surface area contributed by atoms with E-state index < -0.39 is 5.97 Å². The molecule has 0 fully saturated rings. The molecule has 0 saturated carbocycles. The fourth-order valence-electron chi connectivity index (χ4n) is 2.20. The number of nitrogens with one attached hydrogen (secondary N) is 1. The van der Waals surface area contributed by atoms with Crippen molar-refractivity contribution < 1.29 is 14.7 Å². The first-order chi connectivity index (χ1) is 11.5. The second kappa shape index (κ2) is 9.12. The molecule has 0 atom stereocenters. The van der Waals surface area contributed by atoms with Gasteiger partial charge in [-0.3, -0.25) is 14.3 Å². The fourth-order valence-corrected chi connectivity index (χ4v) is 3.08. The average Bonchev–Trinajstić information content (AvgIpc) is 2.95. The number of carboxylic acid groups (broad SMARTS) is 1. The molecule has 0 aliphatic carbocycles. The Morgan fingerprint density at radius 1 is 1.29 bits per heavy atom. The Bertz CT molecular complexity index is 700. The number of aromatic nitrogens is 2. The number of benzene rings is 1. The molecular weight excluding hydrogens is 326 g/mol. The van der Waals surface area contributed by atoms with Crippen LogP contribution in [0.5, 0.6) is 0 Å². The quantitative estimate of drug-likeness (QED) is 0.681. The number of hydrogen-bond acceptors (Lipinski definition) is 4. The van der Waals surface area contributed by atoms with Crippen molar-refractivity contribution in [3.8, 4) is 0 Å². The minimum absolute atomic E-state index is 0.0353. The maximum absolute atomic E-state index is 12.1. The molecule has 24 heavy (non-hydrogen) atoms. The average molecular weight is 347 g/mol. The maximum Gasteiger partial charge on any atom is 0.304 e. The molecule has 2 N–H and O–H groups in total. The van der Waals surface area contributed by atoms with Gasteiger partial charge in [0.15, 0.2) is 0 Å². The van der Waals surface area contributed by atoms with Gasteiger partial charge in [-0.1, -0.05) is 12.1 Å². The van der Waals surface area contributed by atoms with Crippen molar-refractivity contribution in [2.45, 2.75) is 25.0 Å². The summed E-state index contributed by atoms with van der Waals surface area (Å²) >= 11 is 1.57. The van der Waals surface area contributed by atoms with Gasteiger partial charge in [0.2, 0.25) is 5.91 Å². The smallest absolute Gasteiger partial charge is 0.304 e. The van der Waals surface area contributed by atoms with E-state index in [2.05, 4.69) is 10.4 Å². The third-order valence-corrected chi connectivity index (χ3v) is 4.50. The molecule has 128 valence electrons. The van der Waals surface area contributed by atoms with Gasteiger partial charge in [0.05, 0.1) is 6.42 Å². The van der Waals surface area contributed by atoms with E-state index in [1.54, 1.807) is 22.6 Å². The third kappa shape index (κ3) is 6.08. The summed E-state index contributed by atoms with van der Waals surface area (Å²) in [4.78, 5) is 22.5. The van der Waals surface area contributed by atoms with Crippen molar-refractivity contribution in [3.63, 3.8) is 0 Å². The normalized spacial score (nSPS) is 10.5. The van der Waals surface area contributed by atoms with E-state index in [1.807, 2.05) is 37.4 Å². The van der Waals surface area contributed by atoms with E-state index in [0.29, 0.717) is 18.6 Å². The molecule has 0 spiro atoms. The van der Waals surface area contributed by atoms with Crippen LogP contribution in [0.25, 0.3) is 0 Å². The molecule has 6 nitrogen and oxygen atoms in total. The summed E-state index contributed by atoms with van der Waals surface area (Å²) in [5, 5.41) is 15.6. The number of carboxylic acids is 1. The lowest BCUT2D eigenvalue weighted by Gasteiger charge is -2.08. The predicted molar refractivity (Wildman–Crippen MR) is 95.0 cm³/mol. The number of anilines is 1.